The molecular formula is C28H38N8O4. The number of nitrogen functional groups attached to an aromatic ring is 2. The summed E-state index contributed by atoms with van der Waals surface area (Å²) in [5.74, 6) is 0. The quantitative estimate of drug-likeness (QED) is 0.124. The Morgan fingerprint density at radius 2 is 1.52 bits per heavy atom. The Bertz CT molecular complexity index is 1410. The van der Waals surface area contributed by atoms with E-state index in [2.05, 4.69) is 25.3 Å². The van der Waals surface area contributed by atoms with Crippen molar-refractivity contribution in [1.82, 2.24) is 19.9 Å². The zero-order chi connectivity index (χ0) is 29.1. The Morgan fingerprint density at radius 3 is 2.17 bits per heavy atom. The van der Waals surface area contributed by atoms with Crippen LogP contribution in [0.5, 0.6) is 0 Å². The van der Waals surface area contributed by atoms with E-state index in [0.717, 1.165) is 30.5 Å². The highest BCUT2D eigenvalue weighted by atomic mass is 16.6. The minimum Gasteiger partial charge on any atom is -0.396 e. The number of rotatable bonds is 12. The van der Waals surface area contributed by atoms with Gasteiger partial charge in [-0.05, 0) is 71.2 Å². The molecule has 40 heavy (non-hydrogen) atoms. The summed E-state index contributed by atoms with van der Waals surface area (Å²) in [4.78, 5) is 27.7. The molecule has 214 valence electrons. The second kappa shape index (κ2) is 14.8. The van der Waals surface area contributed by atoms with Gasteiger partial charge < -0.3 is 26.3 Å². The van der Waals surface area contributed by atoms with Crippen molar-refractivity contribution in [2.24, 2.45) is 0 Å². The van der Waals surface area contributed by atoms with Crippen LogP contribution < -0.4 is 16.8 Å². The number of ether oxygens (including phenoxy) is 2. The van der Waals surface area contributed by atoms with Crippen LogP contribution in [0.2, 0.25) is 0 Å². The molecule has 0 fully saturated rings. The molecule has 0 atom stereocenters. The molecule has 5 N–H and O–H groups in total. The number of aryl methyl sites for hydroxylation is 1. The lowest BCUT2D eigenvalue weighted by molar-refractivity contribution is -0.384. The van der Waals surface area contributed by atoms with E-state index in [9.17, 15) is 10.1 Å². The van der Waals surface area contributed by atoms with Gasteiger partial charge in [0.1, 0.15) is 22.9 Å². The van der Waals surface area contributed by atoms with Crippen molar-refractivity contribution in [3.05, 3.63) is 58.7 Å². The van der Waals surface area contributed by atoms with Gasteiger partial charge in [-0.25, -0.2) is 9.97 Å². The first-order chi connectivity index (χ1) is 19.2. The molecule has 0 unspecified atom stereocenters. The number of nitrogens with two attached hydrogens (primary N) is 2. The second-order valence-corrected chi connectivity index (χ2v) is 9.63. The van der Waals surface area contributed by atoms with Crippen LogP contribution in [0.15, 0.2) is 42.9 Å². The van der Waals surface area contributed by atoms with Crippen molar-refractivity contribution in [2.45, 2.75) is 59.2 Å². The van der Waals surface area contributed by atoms with Crippen molar-refractivity contribution in [2.75, 3.05) is 36.5 Å². The number of anilines is 3. The van der Waals surface area contributed by atoms with Crippen LogP contribution in [0.3, 0.4) is 0 Å². The molecule has 0 saturated heterocycles. The van der Waals surface area contributed by atoms with Crippen LogP contribution in [0, 0.1) is 10.1 Å². The summed E-state index contributed by atoms with van der Waals surface area (Å²) >= 11 is 0. The molecule has 0 aliphatic carbocycles. The topological polar surface area (TPSA) is 177 Å². The first kappa shape index (κ1) is 30.4. The number of pyridine rings is 4. The summed E-state index contributed by atoms with van der Waals surface area (Å²) in [6.45, 7) is 9.86. The van der Waals surface area contributed by atoms with Gasteiger partial charge in [0.05, 0.1) is 45.2 Å². The van der Waals surface area contributed by atoms with Crippen LogP contribution in [-0.4, -0.2) is 56.8 Å². The fourth-order valence-corrected chi connectivity index (χ4v) is 3.86. The van der Waals surface area contributed by atoms with Crippen LogP contribution in [-0.2, 0) is 15.9 Å². The lowest BCUT2D eigenvalue weighted by atomic mass is 10.1. The minimum absolute atomic E-state index is 0.0639. The maximum Gasteiger partial charge on any atom is 0.312 e. The monoisotopic (exact) mass is 550 g/mol. The fourth-order valence-electron chi connectivity index (χ4n) is 3.86. The highest BCUT2D eigenvalue weighted by molar-refractivity contribution is 5.93. The molecule has 4 aromatic rings. The summed E-state index contributed by atoms with van der Waals surface area (Å²) < 4.78 is 11.0. The third-order valence-corrected chi connectivity index (χ3v) is 5.78. The van der Waals surface area contributed by atoms with Crippen molar-refractivity contribution >= 4 is 44.8 Å². The van der Waals surface area contributed by atoms with Crippen molar-refractivity contribution in [3.8, 4) is 0 Å². The standard InChI is InChI=1S/C14H18N4O3.C14H20N4O/c1-10(2)21-8-4-7-16-14-12(18(19)20)9-17-11-5-3-6-15-13(11)14;1-9(2)19-8-4-6-10-12(15)13(16)14-11(18-10)5-3-7-17-14/h3,5-6,9-10H,4,7-8H2,1-2H3,(H,16,17);3,5,7,9H,4,6,8,15H2,1-2H3,(H2,16,18). The number of nitrogens with zero attached hydrogens (tertiary/aromatic N) is 5. The van der Waals surface area contributed by atoms with Gasteiger partial charge in [0, 0.05) is 32.2 Å². The molecule has 0 bridgehead atoms. The lowest BCUT2D eigenvalue weighted by Gasteiger charge is -2.11. The van der Waals surface area contributed by atoms with E-state index in [1.807, 2.05) is 39.8 Å². The largest absolute Gasteiger partial charge is 0.396 e. The van der Waals surface area contributed by atoms with E-state index < -0.39 is 4.92 Å². The van der Waals surface area contributed by atoms with E-state index >= 15 is 0 Å². The molecule has 4 rings (SSSR count). The van der Waals surface area contributed by atoms with Crippen LogP contribution in [0.25, 0.3) is 22.1 Å². The number of hydrogen-bond acceptors (Lipinski definition) is 11. The summed E-state index contributed by atoms with van der Waals surface area (Å²) in [6, 6.07) is 7.27. The molecule has 12 nitrogen and oxygen atoms in total. The number of nitrogens with one attached hydrogen (secondary N) is 1. The Balaban J connectivity index is 0.000000222. The zero-order valence-electron chi connectivity index (χ0n) is 23.5. The van der Waals surface area contributed by atoms with E-state index in [1.54, 1.807) is 24.5 Å². The Kier molecular flexibility index (Phi) is 11.3. The molecule has 0 saturated carbocycles. The Labute approximate surface area is 233 Å². The summed E-state index contributed by atoms with van der Waals surface area (Å²) in [5.41, 5.74) is 16.9. The second-order valence-electron chi connectivity index (χ2n) is 9.63. The SMILES string of the molecule is CC(C)OCCCNc1c([N+](=O)[O-])cnc2cccnc12.CC(C)OCCCc1nc2cccnc2c(N)c1N. The van der Waals surface area contributed by atoms with Crippen LogP contribution in [0.4, 0.5) is 22.7 Å². The zero-order valence-corrected chi connectivity index (χ0v) is 23.5. The number of fused-ring (bicyclic) bond motifs is 2. The van der Waals surface area contributed by atoms with Crippen molar-refractivity contribution < 1.29 is 14.4 Å². The third-order valence-electron chi connectivity index (χ3n) is 5.78. The third kappa shape index (κ3) is 8.42. The van der Waals surface area contributed by atoms with Gasteiger partial charge in [-0.2, -0.15) is 0 Å². The van der Waals surface area contributed by atoms with Gasteiger partial charge in [-0.15, -0.1) is 0 Å². The van der Waals surface area contributed by atoms with Gasteiger partial charge in [0.25, 0.3) is 0 Å². The van der Waals surface area contributed by atoms with Crippen LogP contribution in [0.1, 0.15) is 46.2 Å². The van der Waals surface area contributed by atoms with Crippen molar-refractivity contribution in [3.63, 3.8) is 0 Å². The normalized spacial score (nSPS) is 11.2. The molecule has 0 aromatic carbocycles. The van der Waals surface area contributed by atoms with E-state index in [1.165, 1.54) is 6.20 Å². The van der Waals surface area contributed by atoms with Gasteiger partial charge >= 0.3 is 5.69 Å². The number of aromatic nitrogens is 4. The van der Waals surface area contributed by atoms with Gasteiger partial charge in [0.15, 0.2) is 0 Å². The average Bonchev–Trinajstić information content (AvgIpc) is 2.93. The van der Waals surface area contributed by atoms with E-state index in [4.69, 9.17) is 20.9 Å². The first-order valence-electron chi connectivity index (χ1n) is 13.3. The van der Waals surface area contributed by atoms with Gasteiger partial charge in [0.2, 0.25) is 0 Å². The van der Waals surface area contributed by atoms with E-state index in [0.29, 0.717) is 53.4 Å². The number of hydrogen-bond donors (Lipinski definition) is 3. The maximum absolute atomic E-state index is 11.1. The molecule has 0 amide bonds. The molecule has 0 aliphatic rings. The predicted molar refractivity (Wildman–Crippen MR) is 158 cm³/mol. The molecule has 12 heteroatoms. The molecule has 0 radical (unpaired) electrons. The summed E-state index contributed by atoms with van der Waals surface area (Å²) in [5, 5.41) is 14.2. The molecule has 0 aliphatic heterocycles. The van der Waals surface area contributed by atoms with Gasteiger partial charge in [-0.3, -0.25) is 20.1 Å². The Hall–Kier alpha value is -4.16. The molecule has 4 heterocycles. The summed E-state index contributed by atoms with van der Waals surface area (Å²) in [7, 11) is 0. The highest BCUT2D eigenvalue weighted by Gasteiger charge is 2.18. The Morgan fingerprint density at radius 1 is 0.900 bits per heavy atom. The predicted octanol–water partition coefficient (Wildman–Crippen LogP) is 4.92. The number of nitro groups is 1. The highest BCUT2D eigenvalue weighted by Crippen LogP contribution is 2.30. The van der Waals surface area contributed by atoms with E-state index in [-0.39, 0.29) is 17.9 Å². The smallest absolute Gasteiger partial charge is 0.312 e. The average molecular weight is 551 g/mol. The lowest BCUT2D eigenvalue weighted by Crippen LogP contribution is -2.11. The molecule has 0 spiro atoms. The maximum atomic E-state index is 11.1. The fraction of sp³-hybridized carbons (Fsp3) is 0.429. The van der Waals surface area contributed by atoms with Gasteiger partial charge in [-0.1, -0.05) is 0 Å². The minimum atomic E-state index is -0.450. The van der Waals surface area contributed by atoms with Crippen molar-refractivity contribution in [1.29, 1.82) is 0 Å². The first-order valence-corrected chi connectivity index (χ1v) is 13.3. The summed E-state index contributed by atoms with van der Waals surface area (Å²) in [6.07, 6.45) is 7.37. The van der Waals surface area contributed by atoms with Crippen LogP contribution >= 0.6 is 0 Å². The molecular weight excluding hydrogens is 512 g/mol. The molecule has 4 aromatic heterocycles.